The number of likely N-dealkylation sites (tertiary alicyclic amines) is 1. The molecule has 0 radical (unpaired) electrons. The number of halogens is 3. The third kappa shape index (κ3) is 6.15. The number of carbonyl (C=O) groups excluding carboxylic acids is 2. The van der Waals surface area contributed by atoms with Crippen molar-refractivity contribution < 1.29 is 27.5 Å². The lowest BCUT2D eigenvalue weighted by atomic mass is 9.94. The number of carbonyl (C=O) groups is 2. The van der Waals surface area contributed by atoms with E-state index in [-0.39, 0.29) is 29.4 Å². The summed E-state index contributed by atoms with van der Waals surface area (Å²) >= 11 is 0. The molecule has 0 saturated carbocycles. The van der Waals surface area contributed by atoms with Gasteiger partial charge in [0.15, 0.2) is 0 Å². The molecular weight excluding hydrogens is 361 g/mol. The van der Waals surface area contributed by atoms with Crippen LogP contribution in [0.4, 0.5) is 13.2 Å². The van der Waals surface area contributed by atoms with Crippen molar-refractivity contribution in [3.05, 3.63) is 29.8 Å². The molecular formula is C19H25F3N2O3. The van der Waals surface area contributed by atoms with Gasteiger partial charge < -0.3 is 14.5 Å². The zero-order valence-corrected chi connectivity index (χ0v) is 15.8. The largest absolute Gasteiger partial charge is 0.573 e. The molecule has 0 bridgehead atoms. The number of rotatable bonds is 5. The fraction of sp³-hybridized carbons (Fsp3) is 0.579. The summed E-state index contributed by atoms with van der Waals surface area (Å²) in [4.78, 5) is 28.0. The molecule has 0 aliphatic carbocycles. The fourth-order valence-electron chi connectivity index (χ4n) is 3.17. The van der Waals surface area contributed by atoms with Gasteiger partial charge in [-0.15, -0.1) is 13.2 Å². The van der Waals surface area contributed by atoms with E-state index in [0.29, 0.717) is 38.0 Å². The van der Waals surface area contributed by atoms with E-state index in [1.807, 2.05) is 13.8 Å². The normalized spacial score (nSPS) is 15.7. The molecule has 2 amide bonds. The van der Waals surface area contributed by atoms with Crippen molar-refractivity contribution in [2.45, 2.75) is 39.6 Å². The molecule has 1 fully saturated rings. The lowest BCUT2D eigenvalue weighted by Crippen LogP contribution is -2.44. The summed E-state index contributed by atoms with van der Waals surface area (Å²) in [6.07, 6.45) is -3.47. The Labute approximate surface area is 157 Å². The van der Waals surface area contributed by atoms with Gasteiger partial charge in [-0.1, -0.05) is 26.0 Å². The predicted octanol–water partition coefficient (Wildman–Crippen LogP) is 3.44. The highest BCUT2D eigenvalue weighted by Crippen LogP contribution is 2.24. The maximum atomic E-state index is 12.6. The average molecular weight is 386 g/mol. The highest BCUT2D eigenvalue weighted by atomic mass is 19.4. The SMILES string of the molecule is CC(C)C(=O)N1CCC(C(=O)N(C)Cc2ccc(OC(F)(F)F)cc2)CC1. The smallest absolute Gasteiger partial charge is 0.406 e. The van der Waals surface area contributed by atoms with Crippen LogP contribution in [0.5, 0.6) is 5.75 Å². The minimum Gasteiger partial charge on any atom is -0.406 e. The van der Waals surface area contributed by atoms with Gasteiger partial charge in [-0.3, -0.25) is 9.59 Å². The maximum absolute atomic E-state index is 12.6. The molecule has 0 unspecified atom stereocenters. The standard InChI is InChI=1S/C19H25F3N2O3/c1-13(2)17(25)24-10-8-15(9-11-24)18(26)23(3)12-14-4-6-16(7-5-14)27-19(20,21)22/h4-7,13,15H,8-12H2,1-3H3. The first kappa shape index (κ1) is 21.1. The lowest BCUT2D eigenvalue weighted by Gasteiger charge is -2.34. The van der Waals surface area contributed by atoms with E-state index >= 15 is 0 Å². The molecule has 1 saturated heterocycles. The summed E-state index contributed by atoms with van der Waals surface area (Å²) in [7, 11) is 1.67. The van der Waals surface area contributed by atoms with Crippen LogP contribution >= 0.6 is 0 Å². The Morgan fingerprint density at radius 2 is 1.74 bits per heavy atom. The Morgan fingerprint density at radius 3 is 2.22 bits per heavy atom. The van der Waals surface area contributed by atoms with Crippen molar-refractivity contribution in [3.63, 3.8) is 0 Å². The van der Waals surface area contributed by atoms with Crippen LogP contribution < -0.4 is 4.74 Å². The second-order valence-corrected chi connectivity index (χ2v) is 7.14. The molecule has 0 N–H and O–H groups in total. The van der Waals surface area contributed by atoms with Crippen LogP contribution in [0.25, 0.3) is 0 Å². The molecule has 0 atom stereocenters. The van der Waals surface area contributed by atoms with E-state index in [1.54, 1.807) is 16.8 Å². The summed E-state index contributed by atoms with van der Waals surface area (Å²) in [6.45, 7) is 5.17. The van der Waals surface area contributed by atoms with E-state index in [2.05, 4.69) is 4.74 Å². The quantitative estimate of drug-likeness (QED) is 0.779. The van der Waals surface area contributed by atoms with Crippen molar-refractivity contribution in [2.24, 2.45) is 11.8 Å². The van der Waals surface area contributed by atoms with Gasteiger partial charge >= 0.3 is 6.36 Å². The van der Waals surface area contributed by atoms with Crippen LogP contribution in [0.3, 0.4) is 0 Å². The second kappa shape index (κ2) is 8.63. The molecule has 1 heterocycles. The topological polar surface area (TPSA) is 49.9 Å². The number of hydrogen-bond donors (Lipinski definition) is 0. The number of benzene rings is 1. The molecule has 1 aliphatic heterocycles. The van der Waals surface area contributed by atoms with Crippen molar-refractivity contribution in [1.82, 2.24) is 9.80 Å². The number of hydrogen-bond acceptors (Lipinski definition) is 3. The lowest BCUT2D eigenvalue weighted by molar-refractivity contribution is -0.274. The molecule has 1 aromatic carbocycles. The Hall–Kier alpha value is -2.25. The highest BCUT2D eigenvalue weighted by molar-refractivity contribution is 5.80. The van der Waals surface area contributed by atoms with Crippen LogP contribution in [-0.4, -0.2) is 48.1 Å². The van der Waals surface area contributed by atoms with Gasteiger partial charge in [-0.25, -0.2) is 0 Å². The third-order valence-corrected chi connectivity index (χ3v) is 4.60. The molecule has 1 aliphatic rings. The first-order chi connectivity index (χ1) is 12.6. The second-order valence-electron chi connectivity index (χ2n) is 7.14. The summed E-state index contributed by atoms with van der Waals surface area (Å²) in [5, 5.41) is 0. The van der Waals surface area contributed by atoms with Crippen LogP contribution in [0, 0.1) is 11.8 Å². The predicted molar refractivity (Wildman–Crippen MR) is 93.7 cm³/mol. The van der Waals surface area contributed by atoms with Crippen molar-refractivity contribution in [1.29, 1.82) is 0 Å². The summed E-state index contributed by atoms with van der Waals surface area (Å²) in [5.41, 5.74) is 0.716. The van der Waals surface area contributed by atoms with E-state index in [4.69, 9.17) is 0 Å². The Balaban J connectivity index is 1.86. The molecule has 1 aromatic rings. The number of alkyl halides is 3. The van der Waals surface area contributed by atoms with Crippen molar-refractivity contribution >= 4 is 11.8 Å². The summed E-state index contributed by atoms with van der Waals surface area (Å²) in [6, 6.07) is 5.48. The number of nitrogens with zero attached hydrogens (tertiary/aromatic N) is 2. The minimum absolute atomic E-state index is 0.0118. The van der Waals surface area contributed by atoms with E-state index in [9.17, 15) is 22.8 Å². The van der Waals surface area contributed by atoms with Crippen molar-refractivity contribution in [2.75, 3.05) is 20.1 Å². The first-order valence-corrected chi connectivity index (χ1v) is 8.95. The Kier molecular flexibility index (Phi) is 6.73. The third-order valence-electron chi connectivity index (χ3n) is 4.60. The van der Waals surface area contributed by atoms with Gasteiger partial charge in [0.05, 0.1) is 0 Å². The highest BCUT2D eigenvalue weighted by Gasteiger charge is 2.31. The fourth-order valence-corrected chi connectivity index (χ4v) is 3.17. The van der Waals surface area contributed by atoms with Gasteiger partial charge in [0.2, 0.25) is 11.8 Å². The number of piperidine rings is 1. The van der Waals surface area contributed by atoms with Gasteiger partial charge in [0.1, 0.15) is 5.75 Å². The van der Waals surface area contributed by atoms with E-state index in [1.165, 1.54) is 24.3 Å². The molecule has 27 heavy (non-hydrogen) atoms. The monoisotopic (exact) mass is 386 g/mol. The van der Waals surface area contributed by atoms with Crippen LogP contribution in [0.15, 0.2) is 24.3 Å². The molecule has 5 nitrogen and oxygen atoms in total. The van der Waals surface area contributed by atoms with E-state index < -0.39 is 6.36 Å². The van der Waals surface area contributed by atoms with Gasteiger partial charge in [0.25, 0.3) is 0 Å². The van der Waals surface area contributed by atoms with Crippen LogP contribution in [-0.2, 0) is 16.1 Å². The maximum Gasteiger partial charge on any atom is 0.573 e. The average Bonchev–Trinajstić information content (AvgIpc) is 2.61. The Bertz CT molecular complexity index is 651. The molecule has 8 heteroatoms. The zero-order chi connectivity index (χ0) is 20.2. The molecule has 2 rings (SSSR count). The van der Waals surface area contributed by atoms with Crippen LogP contribution in [0.1, 0.15) is 32.3 Å². The van der Waals surface area contributed by atoms with Crippen molar-refractivity contribution in [3.8, 4) is 5.75 Å². The molecule has 0 aromatic heterocycles. The van der Waals surface area contributed by atoms with Gasteiger partial charge in [-0.05, 0) is 30.5 Å². The number of ether oxygens (including phenoxy) is 1. The van der Waals surface area contributed by atoms with Gasteiger partial charge in [-0.2, -0.15) is 0 Å². The zero-order valence-electron chi connectivity index (χ0n) is 15.8. The Morgan fingerprint density at radius 1 is 1.19 bits per heavy atom. The van der Waals surface area contributed by atoms with Gasteiger partial charge in [0, 0.05) is 38.5 Å². The minimum atomic E-state index is -4.72. The first-order valence-electron chi connectivity index (χ1n) is 8.95. The van der Waals surface area contributed by atoms with E-state index in [0.717, 1.165) is 0 Å². The molecule has 150 valence electrons. The number of amides is 2. The summed E-state index contributed by atoms with van der Waals surface area (Å²) in [5.74, 6) is -0.386. The van der Waals surface area contributed by atoms with Crippen LogP contribution in [0.2, 0.25) is 0 Å². The molecule has 0 spiro atoms. The summed E-state index contributed by atoms with van der Waals surface area (Å²) < 4.78 is 40.4.